The van der Waals surface area contributed by atoms with Crippen molar-refractivity contribution in [2.45, 2.75) is 27.0 Å². The molecule has 0 aromatic heterocycles. The highest BCUT2D eigenvalue weighted by Gasteiger charge is 2.10. The van der Waals surface area contributed by atoms with Crippen LogP contribution >= 0.6 is 43.5 Å². The summed E-state index contributed by atoms with van der Waals surface area (Å²) in [6.07, 6.45) is 0. The molecular weight excluding hydrogens is 490 g/mol. The third-order valence-corrected chi connectivity index (χ3v) is 5.94. The summed E-state index contributed by atoms with van der Waals surface area (Å²) < 4.78 is 7.79. The highest BCUT2D eigenvalue weighted by Crippen LogP contribution is 2.36. The van der Waals surface area contributed by atoms with E-state index in [1.807, 2.05) is 24.3 Å². The van der Waals surface area contributed by atoms with Crippen molar-refractivity contribution in [2.24, 2.45) is 0 Å². The van der Waals surface area contributed by atoms with Crippen LogP contribution in [0, 0.1) is 13.8 Å². The van der Waals surface area contributed by atoms with Gasteiger partial charge in [0.15, 0.2) is 0 Å². The molecule has 3 aromatic carbocycles. The first-order valence-electron chi connectivity index (χ1n) is 8.59. The Hall–Kier alpha value is -1.49. The van der Waals surface area contributed by atoms with E-state index in [1.165, 1.54) is 11.1 Å². The van der Waals surface area contributed by atoms with Crippen molar-refractivity contribution in [3.8, 4) is 5.75 Å². The van der Waals surface area contributed by atoms with Crippen LogP contribution in [-0.2, 0) is 13.2 Å². The molecule has 0 spiro atoms. The molecule has 0 unspecified atom stereocenters. The van der Waals surface area contributed by atoms with Gasteiger partial charge in [-0.2, -0.15) is 0 Å². The van der Waals surface area contributed by atoms with Crippen molar-refractivity contribution in [1.29, 1.82) is 0 Å². The first-order valence-corrected chi connectivity index (χ1v) is 10.6. The number of aryl methyl sites for hydroxylation is 2. The SMILES string of the molecule is Cc1ccc(NCc2cc(Br)c(OCc3ccccc3Cl)c(Br)c2)cc1C. The fourth-order valence-corrected chi connectivity index (χ4v) is 4.37. The molecule has 0 radical (unpaired) electrons. The third kappa shape index (κ3) is 5.28. The summed E-state index contributed by atoms with van der Waals surface area (Å²) in [7, 11) is 0. The van der Waals surface area contributed by atoms with Gasteiger partial charge in [-0.3, -0.25) is 0 Å². The van der Waals surface area contributed by atoms with Crippen molar-refractivity contribution in [3.63, 3.8) is 0 Å². The van der Waals surface area contributed by atoms with Gasteiger partial charge >= 0.3 is 0 Å². The number of hydrogen-bond donors (Lipinski definition) is 1. The maximum atomic E-state index is 6.20. The molecule has 3 rings (SSSR count). The number of ether oxygens (including phenoxy) is 1. The van der Waals surface area contributed by atoms with E-state index in [-0.39, 0.29) is 0 Å². The average molecular weight is 510 g/mol. The zero-order chi connectivity index (χ0) is 19.4. The fraction of sp³-hybridized carbons (Fsp3) is 0.182. The van der Waals surface area contributed by atoms with E-state index >= 15 is 0 Å². The Balaban J connectivity index is 1.68. The standard InChI is InChI=1S/C22H20Br2ClNO/c1-14-7-8-18(9-15(14)2)26-12-16-10-19(23)22(20(24)11-16)27-13-17-5-3-4-6-21(17)25/h3-11,26H,12-13H2,1-2H3. The van der Waals surface area contributed by atoms with Crippen LogP contribution in [0.2, 0.25) is 5.02 Å². The first kappa shape index (κ1) is 20.2. The topological polar surface area (TPSA) is 21.3 Å². The van der Waals surface area contributed by atoms with Crippen molar-refractivity contribution in [1.82, 2.24) is 0 Å². The van der Waals surface area contributed by atoms with Crippen LogP contribution < -0.4 is 10.1 Å². The molecule has 3 aromatic rings. The number of halogens is 3. The second-order valence-corrected chi connectivity index (χ2v) is 8.54. The Morgan fingerprint density at radius 1 is 0.926 bits per heavy atom. The first-order chi connectivity index (χ1) is 12.9. The molecular formula is C22H20Br2ClNO. The lowest BCUT2D eigenvalue weighted by atomic mass is 10.1. The van der Waals surface area contributed by atoms with E-state index in [9.17, 15) is 0 Å². The van der Waals surface area contributed by atoms with Crippen LogP contribution in [0.15, 0.2) is 63.5 Å². The summed E-state index contributed by atoms with van der Waals surface area (Å²) in [5.41, 5.74) is 5.80. The molecule has 27 heavy (non-hydrogen) atoms. The molecule has 0 saturated heterocycles. The number of rotatable bonds is 6. The molecule has 0 aliphatic rings. The highest BCUT2D eigenvalue weighted by atomic mass is 79.9. The van der Waals surface area contributed by atoms with Crippen LogP contribution in [0.3, 0.4) is 0 Å². The predicted octanol–water partition coefficient (Wildman–Crippen LogP) is 7.67. The molecule has 0 atom stereocenters. The summed E-state index contributed by atoms with van der Waals surface area (Å²) in [4.78, 5) is 0. The number of nitrogens with one attached hydrogen (secondary N) is 1. The van der Waals surface area contributed by atoms with Gasteiger partial charge < -0.3 is 10.1 Å². The van der Waals surface area contributed by atoms with Crippen molar-refractivity contribution >= 4 is 49.1 Å². The molecule has 5 heteroatoms. The Labute approximate surface area is 182 Å². The van der Waals surface area contributed by atoms with Gasteiger partial charge in [0, 0.05) is 22.8 Å². The van der Waals surface area contributed by atoms with Crippen LogP contribution in [0.4, 0.5) is 5.69 Å². The molecule has 0 aliphatic heterocycles. The molecule has 0 saturated carbocycles. The monoisotopic (exact) mass is 507 g/mol. The van der Waals surface area contributed by atoms with Crippen LogP contribution in [0.5, 0.6) is 5.75 Å². The molecule has 2 nitrogen and oxygen atoms in total. The quantitative estimate of drug-likeness (QED) is 0.368. The van der Waals surface area contributed by atoms with Crippen molar-refractivity contribution < 1.29 is 4.74 Å². The lowest BCUT2D eigenvalue weighted by Gasteiger charge is -2.14. The van der Waals surface area contributed by atoms with Crippen LogP contribution in [-0.4, -0.2) is 0 Å². The van der Waals surface area contributed by atoms with E-state index < -0.39 is 0 Å². The van der Waals surface area contributed by atoms with E-state index in [4.69, 9.17) is 16.3 Å². The second-order valence-electron chi connectivity index (χ2n) is 6.42. The smallest absolute Gasteiger partial charge is 0.148 e. The fourth-order valence-electron chi connectivity index (χ4n) is 2.67. The minimum atomic E-state index is 0.414. The summed E-state index contributed by atoms with van der Waals surface area (Å²) in [5.74, 6) is 0.768. The molecule has 0 amide bonds. The lowest BCUT2D eigenvalue weighted by molar-refractivity contribution is 0.302. The van der Waals surface area contributed by atoms with Crippen LogP contribution in [0.25, 0.3) is 0 Å². The van der Waals surface area contributed by atoms with Crippen LogP contribution in [0.1, 0.15) is 22.3 Å². The largest absolute Gasteiger partial charge is 0.486 e. The molecule has 0 heterocycles. The van der Waals surface area contributed by atoms with Gasteiger partial charge in [-0.1, -0.05) is 35.9 Å². The summed E-state index contributed by atoms with van der Waals surface area (Å²) in [6, 6.07) is 18.2. The van der Waals surface area contributed by atoms with Gasteiger partial charge in [-0.25, -0.2) is 0 Å². The Morgan fingerprint density at radius 2 is 1.63 bits per heavy atom. The Kier molecular flexibility index (Phi) is 6.85. The summed E-state index contributed by atoms with van der Waals surface area (Å²) >= 11 is 13.4. The van der Waals surface area contributed by atoms with Gasteiger partial charge in [0.05, 0.1) is 8.95 Å². The van der Waals surface area contributed by atoms with Gasteiger partial charge in [-0.15, -0.1) is 0 Å². The van der Waals surface area contributed by atoms with E-state index in [0.29, 0.717) is 11.6 Å². The molecule has 1 N–H and O–H groups in total. The Morgan fingerprint density at radius 3 is 2.30 bits per heavy atom. The number of hydrogen-bond acceptors (Lipinski definition) is 2. The third-order valence-electron chi connectivity index (χ3n) is 4.39. The van der Waals surface area contributed by atoms with Gasteiger partial charge in [0.1, 0.15) is 12.4 Å². The summed E-state index contributed by atoms with van der Waals surface area (Å²) in [6.45, 7) is 5.38. The minimum absolute atomic E-state index is 0.414. The van der Waals surface area contributed by atoms with Gasteiger partial charge in [0.2, 0.25) is 0 Å². The van der Waals surface area contributed by atoms with Crippen molar-refractivity contribution in [2.75, 3.05) is 5.32 Å². The average Bonchev–Trinajstić information content (AvgIpc) is 2.63. The minimum Gasteiger partial charge on any atom is -0.486 e. The van der Waals surface area contributed by atoms with E-state index in [1.54, 1.807) is 0 Å². The van der Waals surface area contributed by atoms with Gasteiger partial charge in [0.25, 0.3) is 0 Å². The van der Waals surface area contributed by atoms with Crippen molar-refractivity contribution in [3.05, 3.63) is 90.8 Å². The zero-order valence-corrected chi connectivity index (χ0v) is 19.1. The second kappa shape index (κ2) is 9.13. The number of benzene rings is 3. The molecule has 0 bridgehead atoms. The van der Waals surface area contributed by atoms with E-state index in [2.05, 4.69) is 81.4 Å². The molecule has 0 aliphatic carbocycles. The number of anilines is 1. The zero-order valence-electron chi connectivity index (χ0n) is 15.2. The lowest BCUT2D eigenvalue weighted by Crippen LogP contribution is -2.02. The van der Waals surface area contributed by atoms with E-state index in [0.717, 1.165) is 38.1 Å². The predicted molar refractivity (Wildman–Crippen MR) is 121 cm³/mol. The molecule has 140 valence electrons. The highest BCUT2D eigenvalue weighted by molar-refractivity contribution is 9.11. The Bertz CT molecular complexity index is 936. The maximum Gasteiger partial charge on any atom is 0.148 e. The maximum absolute atomic E-state index is 6.20. The summed E-state index contributed by atoms with van der Waals surface area (Å²) in [5, 5.41) is 4.18. The molecule has 0 fully saturated rings. The van der Waals surface area contributed by atoms with Gasteiger partial charge in [-0.05, 0) is 92.7 Å². The normalized spacial score (nSPS) is 10.7.